The molecule has 0 heterocycles. The maximum Gasteiger partial charge on any atom is 0.102 e. The van der Waals surface area contributed by atoms with Gasteiger partial charge in [0, 0.05) is 20.0 Å². The van der Waals surface area contributed by atoms with Crippen LogP contribution in [-0.4, -0.2) is 27.7 Å². The van der Waals surface area contributed by atoms with E-state index in [9.17, 15) is 0 Å². The van der Waals surface area contributed by atoms with Gasteiger partial charge in [-0.2, -0.15) is 0 Å². The Morgan fingerprint density at radius 2 is 1.86 bits per heavy atom. The molecule has 0 spiro atoms. The molecule has 0 N–H and O–H groups in total. The number of rotatable bonds is 10. The first-order chi connectivity index (χ1) is 17.1. The number of ether oxygens (including phenoxy) is 2. The predicted octanol–water partition coefficient (Wildman–Crippen LogP) is 9.21. The predicted molar refractivity (Wildman–Crippen MR) is 153 cm³/mol. The van der Waals surface area contributed by atoms with E-state index in [-0.39, 0.29) is 10.7 Å². The summed E-state index contributed by atoms with van der Waals surface area (Å²) < 4.78 is 12.0. The van der Waals surface area contributed by atoms with Crippen LogP contribution in [0.15, 0.2) is 23.0 Å². The van der Waals surface area contributed by atoms with Gasteiger partial charge in [-0.3, -0.25) is 0 Å². The Balaban J connectivity index is 1.47. The van der Waals surface area contributed by atoms with Crippen molar-refractivity contribution in [3.63, 3.8) is 0 Å². The van der Waals surface area contributed by atoms with E-state index >= 15 is 0 Å². The zero-order valence-electron chi connectivity index (χ0n) is 24.8. The first-order valence-electron chi connectivity index (χ1n) is 15.4. The maximum absolute atomic E-state index is 7.60. The Bertz CT molecular complexity index is 830. The van der Waals surface area contributed by atoms with Gasteiger partial charge in [-0.1, -0.05) is 70.8 Å². The van der Waals surface area contributed by atoms with Crippen LogP contribution in [0.5, 0.6) is 0 Å². The Morgan fingerprint density at radius 3 is 2.56 bits per heavy atom. The molecule has 3 fully saturated rings. The highest BCUT2D eigenvalue weighted by molar-refractivity contribution is 6.16. The summed E-state index contributed by atoms with van der Waals surface area (Å²) in [5.74, 6) is 4.17. The average Bonchev–Trinajstić information content (AvgIpc) is 3.17. The Kier molecular flexibility index (Phi) is 8.80. The lowest BCUT2D eigenvalue weighted by molar-refractivity contribution is -0.0438. The van der Waals surface area contributed by atoms with E-state index in [0.29, 0.717) is 30.0 Å². The number of hydrogen-bond acceptors (Lipinski definition) is 2. The first-order valence-corrected chi connectivity index (χ1v) is 15.4. The second-order valence-corrected chi connectivity index (χ2v) is 14.0. The smallest absolute Gasteiger partial charge is 0.102 e. The molecule has 0 aromatic rings. The Hall–Kier alpha value is -0.695. The molecule has 4 rings (SSSR count). The van der Waals surface area contributed by atoms with Crippen LogP contribution in [0.3, 0.4) is 0 Å². The quantitative estimate of drug-likeness (QED) is 0.130. The van der Waals surface area contributed by atoms with Gasteiger partial charge in [-0.25, -0.2) is 0 Å². The standard InChI is InChI=1S/C33H55BO2/c1-8-28(24(4)22-35-7)36-27-16-18-32(6)26(21-27)15-20-33(34)29-14-13-25(12-10-9-11-23(2)3)31(29,5)19-17-30(32)33/h15,23,25,27,29-30H,8-14,16-22H2,1-7H3/b28-24+. The molecule has 0 bridgehead atoms. The van der Waals surface area contributed by atoms with Gasteiger partial charge in [0.2, 0.25) is 0 Å². The number of allylic oxidation sites excluding steroid dienone is 2. The summed E-state index contributed by atoms with van der Waals surface area (Å²) in [5.41, 5.74) is 3.58. The molecular formula is C33H55BO2. The third-order valence-corrected chi connectivity index (χ3v) is 11.5. The SMILES string of the molecule is [B]C12CC=C3CC(O/C(CC)=C(\C)COC)CCC3(C)C1CCC1(C)C(CCCCC(C)C)CCC21. The topological polar surface area (TPSA) is 18.5 Å². The van der Waals surface area contributed by atoms with Crippen molar-refractivity contribution >= 4 is 7.85 Å². The van der Waals surface area contributed by atoms with Gasteiger partial charge in [-0.05, 0) is 98.4 Å². The molecule has 2 radical (unpaired) electrons. The molecule has 202 valence electrons. The molecule has 0 saturated heterocycles. The number of unbranched alkanes of at least 4 members (excludes halogenated alkanes) is 1. The average molecular weight is 495 g/mol. The highest BCUT2D eigenvalue weighted by atomic mass is 16.5. The number of hydrogen-bond donors (Lipinski definition) is 0. The third-order valence-electron chi connectivity index (χ3n) is 11.5. The molecule has 7 unspecified atom stereocenters. The van der Waals surface area contributed by atoms with E-state index in [1.165, 1.54) is 63.4 Å². The van der Waals surface area contributed by atoms with Crippen LogP contribution in [-0.2, 0) is 9.47 Å². The van der Waals surface area contributed by atoms with Crippen molar-refractivity contribution in [2.75, 3.05) is 13.7 Å². The van der Waals surface area contributed by atoms with Gasteiger partial charge in [0.15, 0.2) is 0 Å². The van der Waals surface area contributed by atoms with Crippen LogP contribution < -0.4 is 0 Å². The number of fused-ring (bicyclic) bond motifs is 5. The summed E-state index contributed by atoms with van der Waals surface area (Å²) in [6, 6.07) is 0. The Morgan fingerprint density at radius 1 is 1.08 bits per heavy atom. The van der Waals surface area contributed by atoms with Crippen LogP contribution in [0.2, 0.25) is 5.31 Å². The zero-order chi connectivity index (χ0) is 26.1. The van der Waals surface area contributed by atoms with E-state index in [2.05, 4.69) is 47.6 Å². The van der Waals surface area contributed by atoms with Gasteiger partial charge >= 0.3 is 0 Å². The van der Waals surface area contributed by atoms with Crippen LogP contribution in [0.25, 0.3) is 0 Å². The minimum absolute atomic E-state index is 0.0187. The fourth-order valence-electron chi connectivity index (χ4n) is 9.45. The molecule has 7 atom stereocenters. The molecule has 4 aliphatic rings. The van der Waals surface area contributed by atoms with E-state index in [1.54, 1.807) is 12.7 Å². The van der Waals surface area contributed by atoms with Crippen molar-refractivity contribution in [1.29, 1.82) is 0 Å². The molecule has 2 nitrogen and oxygen atoms in total. The fraction of sp³-hybridized carbons (Fsp3) is 0.879. The lowest BCUT2D eigenvalue weighted by atomic mass is 9.35. The minimum atomic E-state index is -0.0187. The normalized spacial score (nSPS) is 40.7. The Labute approximate surface area is 224 Å². The van der Waals surface area contributed by atoms with Crippen LogP contribution in [0, 0.1) is 34.5 Å². The van der Waals surface area contributed by atoms with E-state index in [0.717, 1.165) is 43.3 Å². The molecule has 0 aromatic carbocycles. The molecule has 3 heteroatoms. The van der Waals surface area contributed by atoms with Gasteiger partial charge in [-0.15, -0.1) is 0 Å². The summed E-state index contributed by atoms with van der Waals surface area (Å²) in [6.45, 7) is 14.9. The second kappa shape index (κ2) is 11.2. The zero-order valence-corrected chi connectivity index (χ0v) is 24.8. The van der Waals surface area contributed by atoms with Crippen molar-refractivity contribution in [2.45, 2.75) is 136 Å². The van der Waals surface area contributed by atoms with E-state index in [4.69, 9.17) is 17.3 Å². The lowest BCUT2D eigenvalue weighted by Gasteiger charge is -2.64. The molecule has 0 aliphatic heterocycles. The van der Waals surface area contributed by atoms with E-state index in [1.807, 2.05) is 0 Å². The van der Waals surface area contributed by atoms with Crippen LogP contribution in [0.4, 0.5) is 0 Å². The summed E-state index contributed by atoms with van der Waals surface area (Å²) in [7, 11) is 9.36. The van der Waals surface area contributed by atoms with Crippen molar-refractivity contribution in [3.8, 4) is 0 Å². The minimum Gasteiger partial charge on any atom is -0.494 e. The summed E-state index contributed by atoms with van der Waals surface area (Å²) in [6.07, 6.45) is 19.4. The second-order valence-electron chi connectivity index (χ2n) is 14.0. The molecule has 4 aliphatic carbocycles. The first kappa shape index (κ1) is 28.3. The van der Waals surface area contributed by atoms with Crippen LogP contribution >= 0.6 is 0 Å². The van der Waals surface area contributed by atoms with Crippen molar-refractivity contribution in [1.82, 2.24) is 0 Å². The van der Waals surface area contributed by atoms with Crippen LogP contribution in [0.1, 0.15) is 125 Å². The number of methoxy groups -OCH3 is 1. The fourth-order valence-corrected chi connectivity index (χ4v) is 9.45. The summed E-state index contributed by atoms with van der Waals surface area (Å²) >= 11 is 0. The van der Waals surface area contributed by atoms with Crippen molar-refractivity contribution in [3.05, 3.63) is 23.0 Å². The summed E-state index contributed by atoms with van der Waals surface area (Å²) in [4.78, 5) is 0. The maximum atomic E-state index is 7.60. The van der Waals surface area contributed by atoms with Crippen molar-refractivity contribution < 1.29 is 9.47 Å². The highest BCUT2D eigenvalue weighted by Gasteiger charge is 2.62. The molecule has 0 aromatic heterocycles. The molecular weight excluding hydrogens is 439 g/mol. The van der Waals surface area contributed by atoms with Gasteiger partial charge in [0.05, 0.1) is 20.2 Å². The van der Waals surface area contributed by atoms with Crippen molar-refractivity contribution in [2.24, 2.45) is 34.5 Å². The van der Waals surface area contributed by atoms with E-state index < -0.39 is 0 Å². The molecule has 0 amide bonds. The van der Waals surface area contributed by atoms with Gasteiger partial charge in [0.1, 0.15) is 6.10 Å². The molecule has 36 heavy (non-hydrogen) atoms. The largest absolute Gasteiger partial charge is 0.494 e. The van der Waals surface area contributed by atoms with Gasteiger partial charge < -0.3 is 9.47 Å². The third kappa shape index (κ3) is 5.13. The summed E-state index contributed by atoms with van der Waals surface area (Å²) in [5, 5.41) is -0.0187. The lowest BCUT2D eigenvalue weighted by Crippen LogP contribution is -2.54. The molecule has 3 saturated carbocycles. The van der Waals surface area contributed by atoms with Gasteiger partial charge in [0.25, 0.3) is 0 Å². The monoisotopic (exact) mass is 494 g/mol. The highest BCUT2D eigenvalue weighted by Crippen LogP contribution is 2.73.